The number of esters is 1. The highest BCUT2D eigenvalue weighted by Crippen LogP contribution is 2.36. The molecule has 10 heteroatoms. The number of alkyl halides is 3. The van der Waals surface area contributed by atoms with Crippen molar-refractivity contribution in [1.29, 1.82) is 0 Å². The molecule has 6 nitrogen and oxygen atoms in total. The van der Waals surface area contributed by atoms with E-state index in [2.05, 4.69) is 10.8 Å². The van der Waals surface area contributed by atoms with Crippen LogP contribution in [0, 0.1) is 0 Å². The zero-order valence-electron chi connectivity index (χ0n) is 20.9. The first-order valence-electron chi connectivity index (χ1n) is 11.2. The second-order valence-electron chi connectivity index (χ2n) is 6.22. The fourth-order valence-corrected chi connectivity index (χ4v) is 3.20. The van der Waals surface area contributed by atoms with Gasteiger partial charge in [0, 0.05) is 5.56 Å². The van der Waals surface area contributed by atoms with E-state index >= 15 is 0 Å². The summed E-state index contributed by atoms with van der Waals surface area (Å²) in [5.41, 5.74) is -3.88. The summed E-state index contributed by atoms with van der Waals surface area (Å²) in [7, 11) is -5.86. The smallest absolute Gasteiger partial charge is 0.482 e. The van der Waals surface area contributed by atoms with E-state index in [1.807, 2.05) is 27.7 Å². The van der Waals surface area contributed by atoms with Crippen molar-refractivity contribution < 1.29 is 40.0 Å². The summed E-state index contributed by atoms with van der Waals surface area (Å²) in [4.78, 5) is 11.4. The van der Waals surface area contributed by atoms with E-state index in [1.165, 1.54) is 0 Å². The van der Waals surface area contributed by atoms with Crippen LogP contribution in [0.15, 0.2) is 49.0 Å². The predicted octanol–water partition coefficient (Wildman–Crippen LogP) is 6.75. The van der Waals surface area contributed by atoms with Crippen LogP contribution in [0.2, 0.25) is 0 Å². The third-order valence-corrected chi connectivity index (χ3v) is 5.12. The van der Waals surface area contributed by atoms with Crippen LogP contribution in [0.1, 0.15) is 52.7 Å². The van der Waals surface area contributed by atoms with Crippen molar-refractivity contribution in [1.82, 2.24) is 0 Å². The summed E-state index contributed by atoms with van der Waals surface area (Å²) in [6.07, 6.45) is 0.401. The number of hydrogen-bond acceptors (Lipinski definition) is 6. The maximum absolute atomic E-state index is 12.7. The average molecular weight is 519 g/mol. The molecule has 0 aliphatic heterocycles. The van der Waals surface area contributed by atoms with Crippen molar-refractivity contribution in [3.8, 4) is 16.9 Å². The van der Waals surface area contributed by atoms with Gasteiger partial charge in [-0.1, -0.05) is 71.5 Å². The fraction of sp³-hybridized carbons (Fsp3) is 0.400. The van der Waals surface area contributed by atoms with Crippen LogP contribution >= 0.6 is 0 Å². The number of halogens is 3. The highest BCUT2D eigenvalue weighted by atomic mass is 32.2. The molecule has 2 aromatic rings. The molecule has 35 heavy (non-hydrogen) atoms. The zero-order valence-corrected chi connectivity index (χ0v) is 21.7. The summed E-state index contributed by atoms with van der Waals surface area (Å²) in [6.45, 7) is 14.8. The first-order chi connectivity index (χ1) is 16.5. The van der Waals surface area contributed by atoms with Gasteiger partial charge < -0.3 is 13.7 Å². The Hall–Kier alpha value is -3.01. The quantitative estimate of drug-likeness (QED) is 0.158. The van der Waals surface area contributed by atoms with Crippen molar-refractivity contribution in [2.75, 3.05) is 13.2 Å². The van der Waals surface area contributed by atoms with Crippen LogP contribution < -0.4 is 4.74 Å². The Kier molecular flexibility index (Phi) is 13.8. The molecule has 0 heterocycles. The maximum atomic E-state index is 12.7. The summed E-state index contributed by atoms with van der Waals surface area (Å²) >= 11 is 0. The van der Waals surface area contributed by atoms with Gasteiger partial charge in [0.05, 0.1) is 6.61 Å². The van der Waals surface area contributed by atoms with E-state index < -0.39 is 27.4 Å². The van der Waals surface area contributed by atoms with E-state index in [0.29, 0.717) is 28.9 Å². The summed E-state index contributed by atoms with van der Waals surface area (Å²) < 4.78 is 75.5. The van der Waals surface area contributed by atoms with Crippen molar-refractivity contribution in [2.24, 2.45) is 0 Å². The fourth-order valence-electron chi connectivity index (χ4n) is 2.76. The molecule has 2 aromatic carbocycles. The Morgan fingerprint density at radius 3 is 2.03 bits per heavy atom. The van der Waals surface area contributed by atoms with E-state index in [1.54, 1.807) is 56.3 Å². The molecule has 196 valence electrons. The minimum Gasteiger partial charge on any atom is -0.482 e. The lowest BCUT2D eigenvalue weighted by atomic mass is 9.93. The monoisotopic (exact) mass is 518 g/mol. The summed E-state index contributed by atoms with van der Waals surface area (Å²) in [5.74, 6) is -0.782. The molecule has 0 N–H and O–H groups in total. The molecule has 0 aliphatic carbocycles. The third kappa shape index (κ3) is 9.28. The normalized spacial score (nSPS) is 10.7. The topological polar surface area (TPSA) is 78.9 Å². The van der Waals surface area contributed by atoms with Gasteiger partial charge in [-0.2, -0.15) is 21.6 Å². The average Bonchev–Trinajstić information content (AvgIpc) is 2.84. The Balaban J connectivity index is 0.00000274. The molecule has 2 rings (SSSR count). The number of rotatable bonds is 9. The molecular weight excluding hydrogens is 485 g/mol. The van der Waals surface area contributed by atoms with E-state index in [-0.39, 0.29) is 18.8 Å². The van der Waals surface area contributed by atoms with Crippen LogP contribution in [0.3, 0.4) is 0 Å². The Labute approximate surface area is 205 Å². The van der Waals surface area contributed by atoms with E-state index in [4.69, 9.17) is 9.47 Å². The molecule has 0 saturated carbocycles. The molecule has 0 bridgehead atoms. The highest BCUT2D eigenvalue weighted by molar-refractivity contribution is 7.87. The van der Waals surface area contributed by atoms with Crippen LogP contribution in [-0.2, 0) is 30.3 Å². The van der Waals surface area contributed by atoms with Crippen molar-refractivity contribution in [3.63, 3.8) is 0 Å². The first-order valence-corrected chi connectivity index (χ1v) is 12.6. The maximum Gasteiger partial charge on any atom is 0.534 e. The summed E-state index contributed by atoms with van der Waals surface area (Å²) in [5, 5.41) is 0. The number of hydrogen-bond donors (Lipinski definition) is 0. The van der Waals surface area contributed by atoms with Gasteiger partial charge in [-0.25, -0.2) is 4.79 Å². The molecule has 0 spiro atoms. The lowest BCUT2D eigenvalue weighted by molar-refractivity contribution is -0.145. The molecule has 0 atom stereocenters. The second-order valence-corrected chi connectivity index (χ2v) is 7.76. The number of aryl methyl sites for hydroxylation is 1. The number of ether oxygens (including phenoxy) is 2. The van der Waals surface area contributed by atoms with Gasteiger partial charge in [0.2, 0.25) is 0 Å². The van der Waals surface area contributed by atoms with E-state index in [0.717, 1.165) is 0 Å². The molecule has 0 fully saturated rings. The second kappa shape index (κ2) is 15.1. The largest absolute Gasteiger partial charge is 0.534 e. The molecule has 0 amide bonds. The highest BCUT2D eigenvalue weighted by Gasteiger charge is 2.49. The van der Waals surface area contributed by atoms with Crippen molar-refractivity contribution in [2.45, 2.75) is 53.5 Å². The van der Waals surface area contributed by atoms with Crippen molar-refractivity contribution in [3.05, 3.63) is 60.2 Å². The summed E-state index contributed by atoms with van der Waals surface area (Å²) in [6, 6.07) is 11.3. The van der Waals surface area contributed by atoms with Crippen LogP contribution in [0.4, 0.5) is 13.2 Å². The SMILES string of the molecule is C=C(OS(=O)(=O)C(F)(F)F)c1c(CC)cccc1-c1ccc(OCC(=O)OCC)cc1.CC.CC. The van der Waals surface area contributed by atoms with Gasteiger partial charge in [0.1, 0.15) is 11.5 Å². The molecule has 0 aromatic heterocycles. The molecule has 0 aliphatic rings. The van der Waals surface area contributed by atoms with Gasteiger partial charge in [-0.15, -0.1) is 0 Å². The molecular formula is C25H33F3O6S. The minimum atomic E-state index is -5.86. The zero-order chi connectivity index (χ0) is 27.2. The lowest BCUT2D eigenvalue weighted by Gasteiger charge is -2.18. The predicted molar refractivity (Wildman–Crippen MR) is 131 cm³/mol. The van der Waals surface area contributed by atoms with Gasteiger partial charge in [-0.05, 0) is 42.2 Å². The third-order valence-electron chi connectivity index (χ3n) is 4.13. The van der Waals surface area contributed by atoms with Gasteiger partial charge >= 0.3 is 21.6 Å². The standard InChI is InChI=1S/C21H21F3O6S.2C2H6/c1-4-15-7-6-8-18(20(15)14(3)30-31(26,27)21(22,23)24)16-9-11-17(12-10-16)29-13-19(25)28-5-2;2*1-2/h6-12H,3-5,13H2,1-2H3;2*1-2H3. The minimum absolute atomic E-state index is 0.151. The molecule has 0 radical (unpaired) electrons. The van der Waals surface area contributed by atoms with Gasteiger partial charge in [-0.3, -0.25) is 0 Å². The molecule has 0 saturated heterocycles. The number of carbonyl (C=O) groups is 1. The lowest BCUT2D eigenvalue weighted by Crippen LogP contribution is -2.25. The van der Waals surface area contributed by atoms with Gasteiger partial charge in [0.25, 0.3) is 0 Å². The van der Waals surface area contributed by atoms with Gasteiger partial charge in [0.15, 0.2) is 6.61 Å². The number of benzene rings is 2. The van der Waals surface area contributed by atoms with Crippen LogP contribution in [0.25, 0.3) is 16.9 Å². The molecule has 0 unspecified atom stereocenters. The Bertz CT molecular complexity index is 1050. The van der Waals surface area contributed by atoms with Crippen LogP contribution in [-0.4, -0.2) is 33.1 Å². The van der Waals surface area contributed by atoms with Crippen molar-refractivity contribution >= 4 is 21.8 Å². The van der Waals surface area contributed by atoms with E-state index in [9.17, 15) is 26.4 Å². The number of carbonyl (C=O) groups excluding carboxylic acids is 1. The Morgan fingerprint density at radius 2 is 1.54 bits per heavy atom. The first kappa shape index (κ1) is 32.0. The Morgan fingerprint density at radius 1 is 0.971 bits per heavy atom. The van der Waals surface area contributed by atoms with Crippen LogP contribution in [0.5, 0.6) is 5.75 Å².